The quantitative estimate of drug-likeness (QED) is 0.494. The van der Waals surface area contributed by atoms with Crippen LogP contribution in [0, 0.1) is 0 Å². The maximum atomic E-state index is 12.8. The van der Waals surface area contributed by atoms with Crippen LogP contribution in [-0.2, 0) is 10.3 Å². The Morgan fingerprint density at radius 1 is 1.00 bits per heavy atom. The van der Waals surface area contributed by atoms with Crippen molar-refractivity contribution in [1.29, 1.82) is 0 Å². The van der Waals surface area contributed by atoms with Crippen LogP contribution in [0.15, 0.2) is 36.4 Å². The van der Waals surface area contributed by atoms with Crippen molar-refractivity contribution in [3.8, 4) is 0 Å². The van der Waals surface area contributed by atoms with Crippen molar-refractivity contribution in [3.05, 3.63) is 68.2 Å². The molecular weight excluding hydrogens is 397 g/mol. The number of carbonyl (C=O) groups is 2. The van der Waals surface area contributed by atoms with Gasteiger partial charge in [0.05, 0.1) is 26.2 Å². The molecule has 0 radical (unpaired) electrons. The van der Waals surface area contributed by atoms with Crippen LogP contribution in [0.4, 0.5) is 0 Å². The number of ether oxygens (including phenoxy) is 1. The third kappa shape index (κ3) is 2.77. The molecule has 26 heavy (non-hydrogen) atoms. The summed E-state index contributed by atoms with van der Waals surface area (Å²) in [6.45, 7) is 0.911. The Morgan fingerprint density at radius 2 is 1.65 bits per heavy atom. The second-order valence-corrected chi connectivity index (χ2v) is 7.69. The summed E-state index contributed by atoms with van der Waals surface area (Å²) < 4.78 is 5.71. The minimum absolute atomic E-state index is 0.207. The van der Waals surface area contributed by atoms with Gasteiger partial charge in [-0.15, -0.1) is 0 Å². The number of hydrogen-bond acceptors (Lipinski definition) is 3. The van der Waals surface area contributed by atoms with Gasteiger partial charge in [0.1, 0.15) is 5.60 Å². The summed E-state index contributed by atoms with van der Waals surface area (Å²) in [4.78, 5) is 26.7. The van der Waals surface area contributed by atoms with Gasteiger partial charge in [0, 0.05) is 31.5 Å². The average Bonchev–Trinajstić information content (AvgIpc) is 2.91. The highest BCUT2D eigenvalue weighted by molar-refractivity contribution is 6.44. The van der Waals surface area contributed by atoms with E-state index in [1.165, 1.54) is 12.1 Å². The van der Waals surface area contributed by atoms with Crippen molar-refractivity contribution in [2.75, 3.05) is 13.1 Å². The van der Waals surface area contributed by atoms with Gasteiger partial charge >= 0.3 is 5.97 Å². The van der Waals surface area contributed by atoms with Crippen LogP contribution >= 0.6 is 34.8 Å². The predicted molar refractivity (Wildman–Crippen MR) is 100 cm³/mol. The molecule has 2 aliphatic heterocycles. The van der Waals surface area contributed by atoms with Crippen molar-refractivity contribution in [2.24, 2.45) is 0 Å². The lowest BCUT2D eigenvalue weighted by atomic mass is 9.83. The van der Waals surface area contributed by atoms with Gasteiger partial charge in [0.25, 0.3) is 5.91 Å². The van der Waals surface area contributed by atoms with E-state index in [4.69, 9.17) is 39.5 Å². The fourth-order valence-corrected chi connectivity index (χ4v) is 4.27. The largest absolute Gasteiger partial charge is 0.450 e. The summed E-state index contributed by atoms with van der Waals surface area (Å²) in [6.07, 6.45) is 1.08. The van der Waals surface area contributed by atoms with E-state index in [-0.39, 0.29) is 21.9 Å². The molecule has 2 aliphatic rings. The average molecular weight is 411 g/mol. The number of esters is 1. The van der Waals surface area contributed by atoms with Crippen molar-refractivity contribution >= 4 is 46.7 Å². The Balaban J connectivity index is 1.56. The highest BCUT2D eigenvalue weighted by Crippen LogP contribution is 2.44. The van der Waals surface area contributed by atoms with Crippen LogP contribution in [0.2, 0.25) is 15.1 Å². The number of nitrogens with zero attached hydrogens (tertiary/aromatic N) is 1. The molecule has 7 heteroatoms. The number of rotatable bonds is 1. The van der Waals surface area contributed by atoms with E-state index in [0.29, 0.717) is 42.1 Å². The van der Waals surface area contributed by atoms with Crippen LogP contribution in [0.1, 0.15) is 39.1 Å². The molecule has 2 heterocycles. The molecule has 0 atom stereocenters. The van der Waals surface area contributed by atoms with Crippen LogP contribution in [0.5, 0.6) is 0 Å². The number of carbonyl (C=O) groups excluding carboxylic acids is 2. The second-order valence-electron chi connectivity index (χ2n) is 6.47. The summed E-state index contributed by atoms with van der Waals surface area (Å²) in [7, 11) is 0. The zero-order valence-electron chi connectivity index (χ0n) is 13.6. The fraction of sp³-hybridized carbons (Fsp3) is 0.263. The lowest BCUT2D eigenvalue weighted by molar-refractivity contribution is -0.0389. The predicted octanol–water partition coefficient (Wildman–Crippen LogP) is 4.95. The zero-order chi connectivity index (χ0) is 18.5. The minimum atomic E-state index is -0.647. The molecule has 2 aromatic carbocycles. The molecule has 2 aromatic rings. The molecule has 134 valence electrons. The topological polar surface area (TPSA) is 46.6 Å². The third-order valence-electron chi connectivity index (χ3n) is 5.02. The van der Waals surface area contributed by atoms with E-state index in [9.17, 15) is 9.59 Å². The van der Waals surface area contributed by atoms with Crippen LogP contribution in [-0.4, -0.2) is 29.9 Å². The van der Waals surface area contributed by atoms with Crippen molar-refractivity contribution in [3.63, 3.8) is 0 Å². The van der Waals surface area contributed by atoms with Crippen molar-refractivity contribution in [1.82, 2.24) is 4.90 Å². The standard InChI is InChI=1S/C19H14Cl3NO3/c20-14-10-16(22)15(21)9-12(14)17(24)23-7-5-19(6-8-23)13-4-2-1-3-11(13)18(25)26-19/h1-4,9-10H,5-8H2. The lowest BCUT2D eigenvalue weighted by Gasteiger charge is -2.38. The number of likely N-dealkylation sites (tertiary alicyclic amines) is 1. The van der Waals surface area contributed by atoms with Gasteiger partial charge in [-0.3, -0.25) is 4.79 Å². The molecule has 1 fully saturated rings. The number of halogens is 3. The van der Waals surface area contributed by atoms with Crippen LogP contribution < -0.4 is 0 Å². The van der Waals surface area contributed by atoms with E-state index < -0.39 is 5.60 Å². The Morgan fingerprint density at radius 3 is 2.38 bits per heavy atom. The summed E-state index contributed by atoms with van der Waals surface area (Å²) >= 11 is 18.1. The van der Waals surface area contributed by atoms with Crippen LogP contribution in [0.25, 0.3) is 0 Å². The third-order valence-corrected chi connectivity index (χ3v) is 6.06. The Hall–Kier alpha value is -1.75. The number of benzene rings is 2. The normalized spacial score (nSPS) is 18.0. The smallest absolute Gasteiger partial charge is 0.339 e. The monoisotopic (exact) mass is 409 g/mol. The number of amides is 1. The number of hydrogen-bond donors (Lipinski definition) is 0. The SMILES string of the molecule is O=C1OC2(CCN(C(=O)c3cc(Cl)c(Cl)cc3Cl)CC2)c2ccccc21. The van der Waals surface area contributed by atoms with Crippen molar-refractivity contribution in [2.45, 2.75) is 18.4 Å². The van der Waals surface area contributed by atoms with Crippen LogP contribution in [0.3, 0.4) is 0 Å². The first-order valence-corrected chi connectivity index (χ1v) is 9.31. The van der Waals surface area contributed by atoms with Gasteiger partial charge < -0.3 is 9.64 Å². The highest BCUT2D eigenvalue weighted by atomic mass is 35.5. The minimum Gasteiger partial charge on any atom is -0.450 e. The molecule has 4 rings (SSSR count). The molecule has 1 spiro atoms. The molecule has 1 amide bonds. The van der Waals surface area contributed by atoms with Gasteiger partial charge in [0.15, 0.2) is 0 Å². The molecule has 0 aliphatic carbocycles. The molecule has 0 unspecified atom stereocenters. The summed E-state index contributed by atoms with van der Waals surface area (Å²) in [5.41, 5.74) is 1.19. The maximum absolute atomic E-state index is 12.8. The molecule has 0 aromatic heterocycles. The van der Waals surface area contributed by atoms with E-state index in [0.717, 1.165) is 5.56 Å². The summed E-state index contributed by atoms with van der Waals surface area (Å²) in [5, 5.41) is 0.856. The number of piperidine rings is 1. The van der Waals surface area contributed by atoms with E-state index in [1.807, 2.05) is 18.2 Å². The zero-order valence-corrected chi connectivity index (χ0v) is 15.9. The molecular formula is C19H14Cl3NO3. The van der Waals surface area contributed by atoms with Gasteiger partial charge in [-0.25, -0.2) is 4.79 Å². The molecule has 1 saturated heterocycles. The highest BCUT2D eigenvalue weighted by Gasteiger charge is 2.47. The Bertz CT molecular complexity index is 920. The van der Waals surface area contributed by atoms with Gasteiger partial charge in [-0.1, -0.05) is 53.0 Å². The van der Waals surface area contributed by atoms with Gasteiger partial charge in [-0.2, -0.15) is 0 Å². The second kappa shape index (κ2) is 6.45. The fourth-order valence-electron chi connectivity index (χ4n) is 3.65. The molecule has 4 nitrogen and oxygen atoms in total. The molecule has 0 bridgehead atoms. The van der Waals surface area contributed by atoms with E-state index in [2.05, 4.69) is 0 Å². The van der Waals surface area contributed by atoms with E-state index in [1.54, 1.807) is 11.0 Å². The summed E-state index contributed by atoms with van der Waals surface area (Å²) in [6, 6.07) is 10.4. The first kappa shape index (κ1) is 17.7. The summed E-state index contributed by atoms with van der Waals surface area (Å²) in [5.74, 6) is -0.506. The Labute approximate surface area is 165 Å². The van der Waals surface area contributed by atoms with Gasteiger partial charge in [0.2, 0.25) is 0 Å². The van der Waals surface area contributed by atoms with E-state index >= 15 is 0 Å². The number of fused-ring (bicyclic) bond motifs is 2. The van der Waals surface area contributed by atoms with Crippen molar-refractivity contribution < 1.29 is 14.3 Å². The first-order valence-electron chi connectivity index (χ1n) is 8.18. The van der Waals surface area contributed by atoms with Gasteiger partial charge in [-0.05, 0) is 18.2 Å². The maximum Gasteiger partial charge on any atom is 0.339 e. The Kier molecular flexibility index (Phi) is 4.38. The molecule has 0 N–H and O–H groups in total. The molecule has 0 saturated carbocycles. The first-order chi connectivity index (χ1) is 12.4. The lowest BCUT2D eigenvalue weighted by Crippen LogP contribution is -2.45.